The number of hydrogen-bond donors (Lipinski definition) is 2. The van der Waals surface area contributed by atoms with Gasteiger partial charge in [-0.05, 0) is 35.2 Å². The molecule has 2 amide bonds. The normalized spacial score (nSPS) is 17.8. The third-order valence-corrected chi connectivity index (χ3v) is 8.75. The lowest BCUT2D eigenvalue weighted by Crippen LogP contribution is -2.61. The first-order valence-corrected chi connectivity index (χ1v) is 13.8. The number of ether oxygens (including phenoxy) is 2. The first kappa shape index (κ1) is 27.5. The fraction of sp³-hybridized carbons (Fsp3) is 0.423. The molecule has 2 saturated heterocycles. The lowest BCUT2D eigenvalue weighted by atomic mass is 9.88. The number of nitrogens with one attached hydrogen (secondary N) is 1. The summed E-state index contributed by atoms with van der Waals surface area (Å²) in [5.41, 5.74) is 1.27. The van der Waals surface area contributed by atoms with Crippen molar-refractivity contribution in [3.8, 4) is 17.3 Å². The number of benzene rings is 2. The van der Waals surface area contributed by atoms with Crippen molar-refractivity contribution in [2.24, 2.45) is 0 Å². The first-order chi connectivity index (χ1) is 18.2. The van der Waals surface area contributed by atoms with Gasteiger partial charge in [-0.25, -0.2) is 18.1 Å². The number of rotatable bonds is 8. The first-order valence-electron chi connectivity index (χ1n) is 12.3. The summed E-state index contributed by atoms with van der Waals surface area (Å²) in [7, 11) is -3.56. The van der Waals surface area contributed by atoms with E-state index in [0.717, 1.165) is 21.6 Å². The zero-order valence-corrected chi connectivity index (χ0v) is 21.7. The number of nitrogens with zero attached hydrogens (tertiary/aromatic N) is 3. The summed E-state index contributed by atoms with van der Waals surface area (Å²) in [6.07, 6.45) is 1.30. The average molecular weight is 543 g/mol. The van der Waals surface area contributed by atoms with Crippen molar-refractivity contribution < 1.29 is 32.6 Å². The van der Waals surface area contributed by atoms with Gasteiger partial charge in [-0.1, -0.05) is 36.4 Å². The minimum Gasteiger partial charge on any atom is -0.465 e. The van der Waals surface area contributed by atoms with Gasteiger partial charge in [0.2, 0.25) is 10.0 Å². The van der Waals surface area contributed by atoms with Crippen LogP contribution < -0.4 is 5.32 Å². The molecule has 0 aromatic heterocycles. The van der Waals surface area contributed by atoms with Crippen molar-refractivity contribution in [1.29, 1.82) is 5.26 Å². The van der Waals surface area contributed by atoms with Gasteiger partial charge in [-0.15, -0.1) is 0 Å². The van der Waals surface area contributed by atoms with Crippen LogP contribution in [0, 0.1) is 11.5 Å². The van der Waals surface area contributed by atoms with E-state index in [0.29, 0.717) is 32.7 Å². The van der Waals surface area contributed by atoms with Gasteiger partial charge in [-0.2, -0.15) is 9.57 Å². The smallest absolute Gasteiger partial charge is 0.405 e. The number of nitriles is 1. The molecule has 0 radical (unpaired) electrons. The molecule has 202 valence electrons. The Morgan fingerprint density at radius 1 is 0.974 bits per heavy atom. The van der Waals surface area contributed by atoms with Crippen LogP contribution in [-0.2, 0) is 30.7 Å². The van der Waals surface area contributed by atoms with Crippen molar-refractivity contribution in [3.63, 3.8) is 0 Å². The molecule has 0 spiro atoms. The highest BCUT2D eigenvalue weighted by molar-refractivity contribution is 7.89. The SMILES string of the molecule is N#CN(CCc1ccc(-c2ccc(S(=O)(=O)N3CCOCC3)cc2)cc1)C(=O)C1(NC(=O)O)CCOCC1. The van der Waals surface area contributed by atoms with Gasteiger partial charge in [0.25, 0.3) is 5.91 Å². The Balaban J connectivity index is 1.39. The molecular formula is C26H30N4O7S. The minimum atomic E-state index is -3.56. The van der Waals surface area contributed by atoms with Gasteiger partial charge in [-0.3, -0.25) is 4.79 Å². The quantitative estimate of drug-likeness (QED) is 0.380. The van der Waals surface area contributed by atoms with E-state index >= 15 is 0 Å². The van der Waals surface area contributed by atoms with Crippen LogP contribution in [-0.4, -0.2) is 86.3 Å². The van der Waals surface area contributed by atoms with E-state index in [9.17, 15) is 28.4 Å². The van der Waals surface area contributed by atoms with Gasteiger partial charge >= 0.3 is 6.09 Å². The van der Waals surface area contributed by atoms with E-state index in [1.807, 2.05) is 30.5 Å². The summed E-state index contributed by atoms with van der Waals surface area (Å²) in [5, 5.41) is 21.2. The van der Waals surface area contributed by atoms with Crippen molar-refractivity contribution >= 4 is 22.0 Å². The molecule has 0 unspecified atom stereocenters. The van der Waals surface area contributed by atoms with Gasteiger partial charge in [0.05, 0.1) is 18.1 Å². The highest BCUT2D eigenvalue weighted by Crippen LogP contribution is 2.26. The van der Waals surface area contributed by atoms with E-state index in [1.54, 1.807) is 24.3 Å². The summed E-state index contributed by atoms with van der Waals surface area (Å²) in [6, 6.07) is 14.3. The Kier molecular flexibility index (Phi) is 8.63. The predicted octanol–water partition coefficient (Wildman–Crippen LogP) is 2.04. The number of carbonyl (C=O) groups is 2. The van der Waals surface area contributed by atoms with Crippen LogP contribution in [0.5, 0.6) is 0 Å². The van der Waals surface area contributed by atoms with Crippen molar-refractivity contribution in [2.45, 2.75) is 29.7 Å². The van der Waals surface area contributed by atoms with E-state index < -0.39 is 27.6 Å². The zero-order chi connectivity index (χ0) is 27.2. The van der Waals surface area contributed by atoms with Crippen LogP contribution in [0.1, 0.15) is 18.4 Å². The van der Waals surface area contributed by atoms with Crippen molar-refractivity contribution in [2.75, 3.05) is 46.1 Å². The lowest BCUT2D eigenvalue weighted by Gasteiger charge is -2.37. The topological polar surface area (TPSA) is 149 Å². The molecule has 38 heavy (non-hydrogen) atoms. The van der Waals surface area contributed by atoms with Crippen LogP contribution in [0.3, 0.4) is 0 Å². The summed E-state index contributed by atoms with van der Waals surface area (Å²) < 4.78 is 37.6. The van der Waals surface area contributed by atoms with E-state index in [4.69, 9.17) is 9.47 Å². The van der Waals surface area contributed by atoms with E-state index in [2.05, 4.69) is 5.32 Å². The zero-order valence-electron chi connectivity index (χ0n) is 20.8. The Labute approximate surface area is 221 Å². The molecule has 2 aromatic rings. The number of carbonyl (C=O) groups excluding carboxylic acids is 1. The second-order valence-corrected chi connectivity index (χ2v) is 11.1. The maximum atomic E-state index is 13.1. The molecule has 11 nitrogen and oxygen atoms in total. The predicted molar refractivity (Wildman–Crippen MR) is 136 cm³/mol. The van der Waals surface area contributed by atoms with Gasteiger partial charge in [0, 0.05) is 45.7 Å². The summed E-state index contributed by atoms with van der Waals surface area (Å²) in [4.78, 5) is 25.7. The molecule has 2 aromatic carbocycles. The molecule has 2 N–H and O–H groups in total. The molecule has 2 aliphatic heterocycles. The monoisotopic (exact) mass is 542 g/mol. The number of hydrogen-bond acceptors (Lipinski definition) is 7. The Morgan fingerprint density at radius 3 is 2.08 bits per heavy atom. The maximum Gasteiger partial charge on any atom is 0.405 e. The molecule has 2 fully saturated rings. The van der Waals surface area contributed by atoms with Crippen LogP contribution in [0.15, 0.2) is 53.4 Å². The van der Waals surface area contributed by atoms with Gasteiger partial charge < -0.3 is 19.9 Å². The Morgan fingerprint density at radius 2 is 1.53 bits per heavy atom. The summed E-state index contributed by atoms with van der Waals surface area (Å²) >= 11 is 0. The van der Waals surface area contributed by atoms with E-state index in [-0.39, 0.29) is 37.5 Å². The Hall–Kier alpha value is -3.50. The second kappa shape index (κ2) is 11.9. The fourth-order valence-electron chi connectivity index (χ4n) is 4.63. The molecule has 2 aliphatic rings. The van der Waals surface area contributed by atoms with Gasteiger partial charge in [0.1, 0.15) is 5.54 Å². The largest absolute Gasteiger partial charge is 0.465 e. The number of amides is 2. The highest BCUT2D eigenvalue weighted by Gasteiger charge is 2.44. The summed E-state index contributed by atoms with van der Waals surface area (Å²) in [5.74, 6) is -0.575. The third-order valence-electron chi connectivity index (χ3n) is 6.84. The average Bonchev–Trinajstić information content (AvgIpc) is 2.94. The Bertz CT molecular complexity index is 1280. The molecule has 0 saturated carbocycles. The van der Waals surface area contributed by atoms with Crippen LogP contribution in [0.25, 0.3) is 11.1 Å². The molecule has 0 aliphatic carbocycles. The van der Waals surface area contributed by atoms with Gasteiger partial charge in [0.15, 0.2) is 6.19 Å². The highest BCUT2D eigenvalue weighted by atomic mass is 32.2. The summed E-state index contributed by atoms with van der Waals surface area (Å²) in [6.45, 7) is 2.02. The standard InChI is InChI=1S/C26H30N4O7S/c27-19-29(24(31)26(28-25(32)33)10-15-36-16-11-26)12-9-20-1-3-21(4-2-20)22-5-7-23(8-6-22)38(34,35)30-13-17-37-18-14-30/h1-8,28H,9-18H2,(H,32,33). The second-order valence-electron chi connectivity index (χ2n) is 9.17. The molecular weight excluding hydrogens is 512 g/mol. The van der Waals surface area contributed by atoms with Crippen LogP contribution >= 0.6 is 0 Å². The molecule has 4 rings (SSSR count). The molecule has 2 heterocycles. The number of sulfonamides is 1. The fourth-order valence-corrected chi connectivity index (χ4v) is 6.04. The van der Waals surface area contributed by atoms with E-state index in [1.165, 1.54) is 4.31 Å². The maximum absolute atomic E-state index is 13.1. The van der Waals surface area contributed by atoms with Crippen molar-refractivity contribution in [1.82, 2.24) is 14.5 Å². The van der Waals surface area contributed by atoms with Crippen LogP contribution in [0.2, 0.25) is 0 Å². The third kappa shape index (κ3) is 6.14. The lowest BCUT2D eigenvalue weighted by molar-refractivity contribution is -0.139. The molecule has 0 bridgehead atoms. The van der Waals surface area contributed by atoms with Crippen LogP contribution in [0.4, 0.5) is 4.79 Å². The number of carboxylic acid groups (broad SMARTS) is 1. The minimum absolute atomic E-state index is 0.104. The number of morpholine rings is 1. The molecule has 12 heteroatoms. The van der Waals surface area contributed by atoms with Crippen molar-refractivity contribution in [3.05, 3.63) is 54.1 Å². The molecule has 0 atom stereocenters.